The van der Waals surface area contributed by atoms with Crippen LogP contribution >= 0.6 is 0 Å². The SMILES string of the molecule is CC1=C(S(=O)(=O)c2ccc(CCCCCCCCCCCCO)cc2)C(C)(C)CCC1. The summed E-state index contributed by atoms with van der Waals surface area (Å²) in [4.78, 5) is 1.09. The molecule has 3 nitrogen and oxygen atoms in total. The maximum atomic E-state index is 13.3. The normalized spacial score (nSPS) is 16.6. The van der Waals surface area contributed by atoms with E-state index in [4.69, 9.17) is 5.11 Å². The molecule has 1 N–H and O–H groups in total. The number of hydrogen-bond acceptors (Lipinski definition) is 3. The topological polar surface area (TPSA) is 54.4 Å². The van der Waals surface area contributed by atoms with E-state index in [2.05, 4.69) is 13.8 Å². The van der Waals surface area contributed by atoms with Crippen LogP contribution < -0.4 is 0 Å². The van der Waals surface area contributed by atoms with E-state index in [0.29, 0.717) is 16.4 Å². The number of benzene rings is 1. The highest BCUT2D eigenvalue weighted by Gasteiger charge is 2.37. The van der Waals surface area contributed by atoms with Gasteiger partial charge in [0.2, 0.25) is 9.84 Å². The number of allylic oxidation sites excluding steroid dienone is 2. The van der Waals surface area contributed by atoms with Crippen molar-refractivity contribution < 1.29 is 13.5 Å². The minimum Gasteiger partial charge on any atom is -0.396 e. The van der Waals surface area contributed by atoms with Crippen molar-refractivity contribution in [2.24, 2.45) is 5.41 Å². The summed E-state index contributed by atoms with van der Waals surface area (Å²) < 4.78 is 26.6. The molecular formula is C27H44O3S. The van der Waals surface area contributed by atoms with Crippen LogP contribution in [0.25, 0.3) is 0 Å². The van der Waals surface area contributed by atoms with Crippen molar-refractivity contribution in [3.05, 3.63) is 40.3 Å². The van der Waals surface area contributed by atoms with E-state index >= 15 is 0 Å². The Morgan fingerprint density at radius 2 is 1.35 bits per heavy atom. The fraction of sp³-hybridized carbons (Fsp3) is 0.704. The molecule has 0 amide bonds. The summed E-state index contributed by atoms with van der Waals surface area (Å²) in [6.07, 6.45) is 16.2. The van der Waals surface area contributed by atoms with E-state index in [1.807, 2.05) is 31.2 Å². The largest absolute Gasteiger partial charge is 0.396 e. The molecule has 1 aliphatic rings. The predicted molar refractivity (Wildman–Crippen MR) is 131 cm³/mol. The smallest absolute Gasteiger partial charge is 0.203 e. The van der Waals surface area contributed by atoms with Crippen molar-refractivity contribution in [1.82, 2.24) is 0 Å². The minimum atomic E-state index is -3.41. The number of aliphatic hydroxyl groups is 1. The first-order valence-corrected chi connectivity index (χ1v) is 13.9. The molecule has 0 unspecified atom stereocenters. The number of unbranched alkanes of at least 4 members (excludes halogenated alkanes) is 9. The lowest BCUT2D eigenvalue weighted by Crippen LogP contribution is -2.26. The molecule has 0 aromatic heterocycles. The van der Waals surface area contributed by atoms with Crippen molar-refractivity contribution in [3.8, 4) is 0 Å². The van der Waals surface area contributed by atoms with E-state index in [1.165, 1.54) is 56.9 Å². The van der Waals surface area contributed by atoms with E-state index in [9.17, 15) is 8.42 Å². The van der Waals surface area contributed by atoms with E-state index in [1.54, 1.807) is 0 Å². The Hall–Kier alpha value is -1.13. The summed E-state index contributed by atoms with van der Waals surface area (Å²) in [5.41, 5.74) is 1.99. The summed E-state index contributed by atoms with van der Waals surface area (Å²) in [5.74, 6) is 0. The Bertz CT molecular complexity index is 788. The van der Waals surface area contributed by atoms with Crippen LogP contribution in [-0.4, -0.2) is 20.1 Å². The molecule has 0 bridgehead atoms. The maximum Gasteiger partial charge on any atom is 0.203 e. The number of aryl methyl sites for hydroxylation is 1. The van der Waals surface area contributed by atoms with Gasteiger partial charge in [0.25, 0.3) is 0 Å². The predicted octanol–water partition coefficient (Wildman–Crippen LogP) is 7.38. The maximum absolute atomic E-state index is 13.3. The summed E-state index contributed by atoms with van der Waals surface area (Å²) in [6.45, 7) is 6.44. The van der Waals surface area contributed by atoms with Crippen LogP contribution in [0.15, 0.2) is 39.6 Å². The van der Waals surface area contributed by atoms with Crippen LogP contribution in [0.4, 0.5) is 0 Å². The first-order valence-electron chi connectivity index (χ1n) is 12.4. The van der Waals surface area contributed by atoms with E-state index in [0.717, 1.165) is 44.1 Å². The van der Waals surface area contributed by atoms with Gasteiger partial charge >= 0.3 is 0 Å². The first-order chi connectivity index (χ1) is 14.8. The zero-order valence-corrected chi connectivity index (χ0v) is 20.9. The van der Waals surface area contributed by atoms with Crippen molar-refractivity contribution in [2.45, 2.75) is 116 Å². The number of sulfone groups is 1. The van der Waals surface area contributed by atoms with Gasteiger partial charge in [0.15, 0.2) is 0 Å². The third-order valence-electron chi connectivity index (χ3n) is 6.73. The van der Waals surface area contributed by atoms with Crippen LogP contribution in [0.3, 0.4) is 0 Å². The molecule has 4 heteroatoms. The second-order valence-electron chi connectivity index (χ2n) is 10.0. The highest BCUT2D eigenvalue weighted by Crippen LogP contribution is 2.45. The average molecular weight is 449 g/mol. The van der Waals surface area contributed by atoms with Gasteiger partial charge in [0.05, 0.1) is 9.80 Å². The molecule has 0 heterocycles. The molecule has 0 aliphatic heterocycles. The van der Waals surface area contributed by atoms with Crippen LogP contribution in [0.1, 0.15) is 110 Å². The molecule has 31 heavy (non-hydrogen) atoms. The number of aliphatic hydroxyl groups excluding tert-OH is 1. The zero-order chi connectivity index (χ0) is 22.7. The van der Waals surface area contributed by atoms with Crippen LogP contribution in [0, 0.1) is 5.41 Å². The zero-order valence-electron chi connectivity index (χ0n) is 20.1. The fourth-order valence-corrected chi connectivity index (χ4v) is 7.12. The third-order valence-corrected chi connectivity index (χ3v) is 9.06. The first kappa shape index (κ1) is 26.1. The lowest BCUT2D eigenvalue weighted by atomic mass is 9.80. The Balaban J connectivity index is 1.75. The molecule has 0 fully saturated rings. The summed E-state index contributed by atoms with van der Waals surface area (Å²) in [7, 11) is -3.41. The molecule has 0 saturated carbocycles. The van der Waals surface area contributed by atoms with Gasteiger partial charge in [-0.15, -0.1) is 0 Å². The van der Waals surface area contributed by atoms with E-state index in [-0.39, 0.29) is 5.41 Å². The fourth-order valence-electron chi connectivity index (χ4n) is 5.00. The van der Waals surface area contributed by atoms with Gasteiger partial charge in [0, 0.05) is 12.0 Å². The Morgan fingerprint density at radius 3 is 1.87 bits per heavy atom. The van der Waals surface area contributed by atoms with Crippen molar-refractivity contribution >= 4 is 9.84 Å². The molecule has 0 spiro atoms. The summed E-state index contributed by atoms with van der Waals surface area (Å²) in [6, 6.07) is 7.63. The molecule has 1 aromatic rings. The average Bonchev–Trinajstić information content (AvgIpc) is 2.71. The number of hydrogen-bond donors (Lipinski definition) is 1. The molecular weight excluding hydrogens is 404 g/mol. The molecule has 2 rings (SSSR count). The second-order valence-corrected chi connectivity index (χ2v) is 11.9. The van der Waals surface area contributed by atoms with Crippen LogP contribution in [0.5, 0.6) is 0 Å². The summed E-state index contributed by atoms with van der Waals surface area (Å²) in [5, 5.41) is 8.77. The lowest BCUT2D eigenvalue weighted by Gasteiger charge is -2.33. The highest BCUT2D eigenvalue weighted by atomic mass is 32.2. The van der Waals surface area contributed by atoms with Crippen molar-refractivity contribution in [3.63, 3.8) is 0 Å². The lowest BCUT2D eigenvalue weighted by molar-refractivity contribution is 0.282. The molecule has 0 saturated heterocycles. The van der Waals surface area contributed by atoms with Crippen LogP contribution in [0.2, 0.25) is 0 Å². The monoisotopic (exact) mass is 448 g/mol. The third kappa shape index (κ3) is 8.05. The van der Waals surface area contributed by atoms with Gasteiger partial charge in [-0.2, -0.15) is 0 Å². The van der Waals surface area contributed by atoms with Crippen molar-refractivity contribution in [2.75, 3.05) is 6.61 Å². The van der Waals surface area contributed by atoms with Gasteiger partial charge in [-0.25, -0.2) is 8.42 Å². The molecule has 0 atom stereocenters. The quantitative estimate of drug-likeness (QED) is 0.302. The Kier molecular flexibility index (Phi) is 10.8. The standard InChI is InChI=1S/C27H44O3S/c1-23-15-14-21-27(2,3)26(23)31(29,30)25-19-17-24(18-20-25)16-12-10-8-6-4-5-7-9-11-13-22-28/h17-20,28H,4-16,21-22H2,1-3H3. The van der Waals surface area contributed by atoms with Gasteiger partial charge < -0.3 is 5.11 Å². The van der Waals surface area contributed by atoms with Crippen LogP contribution in [-0.2, 0) is 16.3 Å². The minimum absolute atomic E-state index is 0.279. The van der Waals surface area contributed by atoms with Crippen molar-refractivity contribution in [1.29, 1.82) is 0 Å². The van der Waals surface area contributed by atoms with Gasteiger partial charge in [-0.05, 0) is 63.1 Å². The molecule has 1 aliphatic carbocycles. The van der Waals surface area contributed by atoms with Gasteiger partial charge in [-0.1, -0.05) is 82.9 Å². The highest BCUT2D eigenvalue weighted by molar-refractivity contribution is 7.95. The second kappa shape index (κ2) is 12.8. The Morgan fingerprint density at radius 1 is 0.839 bits per heavy atom. The number of rotatable bonds is 14. The molecule has 176 valence electrons. The van der Waals surface area contributed by atoms with Gasteiger partial charge in [-0.3, -0.25) is 0 Å². The summed E-state index contributed by atoms with van der Waals surface area (Å²) >= 11 is 0. The Labute approximate surface area is 191 Å². The molecule has 0 radical (unpaired) electrons. The molecule has 1 aromatic carbocycles. The van der Waals surface area contributed by atoms with Gasteiger partial charge in [0.1, 0.15) is 0 Å². The van der Waals surface area contributed by atoms with E-state index < -0.39 is 9.84 Å².